The zero-order chi connectivity index (χ0) is 15.0. The van der Waals surface area contributed by atoms with E-state index in [0.717, 1.165) is 21.2 Å². The highest BCUT2D eigenvalue weighted by molar-refractivity contribution is 9.10. The number of thiophene rings is 1. The Morgan fingerprint density at radius 3 is 2.81 bits per heavy atom. The van der Waals surface area contributed by atoms with E-state index in [0.29, 0.717) is 14.0 Å². The third kappa shape index (κ3) is 2.99. The van der Waals surface area contributed by atoms with Gasteiger partial charge in [0.05, 0.1) is 19.4 Å². The van der Waals surface area contributed by atoms with E-state index in [1.54, 1.807) is 12.1 Å². The van der Waals surface area contributed by atoms with Crippen LogP contribution in [0.15, 0.2) is 39.8 Å². The van der Waals surface area contributed by atoms with Crippen LogP contribution in [0.1, 0.15) is 16.6 Å². The number of thiazole rings is 1. The molecule has 3 aromatic rings. The second-order valence-electron chi connectivity index (χ2n) is 4.26. The van der Waals surface area contributed by atoms with Gasteiger partial charge in [-0.1, -0.05) is 38.9 Å². The number of hydrogen-bond donors (Lipinski definition) is 0. The summed E-state index contributed by atoms with van der Waals surface area (Å²) in [6.45, 7) is 2.80. The fourth-order valence-corrected chi connectivity index (χ4v) is 4.58. The van der Waals surface area contributed by atoms with Crippen molar-refractivity contribution < 1.29 is 4.79 Å². The standard InChI is InChI=1S/C14H10BrClN2OS2/c1-2-18-9-4-3-8(15)7-11(9)21-14(18)17-13(19)10-5-6-12(16)20-10/h3-7H,2H2,1H3. The number of halogens is 2. The zero-order valence-electron chi connectivity index (χ0n) is 11.0. The Kier molecular flexibility index (Phi) is 4.31. The second-order valence-corrected chi connectivity index (χ2v) is 7.90. The number of carbonyl (C=O) groups is 1. The Balaban J connectivity index is 2.15. The van der Waals surface area contributed by atoms with Crippen molar-refractivity contribution in [2.24, 2.45) is 4.99 Å². The van der Waals surface area contributed by atoms with Crippen molar-refractivity contribution in [3.05, 3.63) is 48.8 Å². The molecule has 1 amide bonds. The van der Waals surface area contributed by atoms with E-state index in [4.69, 9.17) is 11.6 Å². The molecule has 0 radical (unpaired) electrons. The lowest BCUT2D eigenvalue weighted by Crippen LogP contribution is -2.15. The van der Waals surface area contributed by atoms with Crippen LogP contribution in [0.25, 0.3) is 10.2 Å². The molecule has 21 heavy (non-hydrogen) atoms. The molecule has 0 bridgehead atoms. The van der Waals surface area contributed by atoms with Crippen molar-refractivity contribution in [2.75, 3.05) is 0 Å². The maximum atomic E-state index is 12.2. The van der Waals surface area contributed by atoms with E-state index in [9.17, 15) is 4.79 Å². The second kappa shape index (κ2) is 6.04. The number of hydrogen-bond acceptors (Lipinski definition) is 3. The lowest BCUT2D eigenvalue weighted by atomic mass is 10.3. The molecule has 2 heterocycles. The molecule has 7 heteroatoms. The van der Waals surface area contributed by atoms with Crippen LogP contribution in [-0.4, -0.2) is 10.5 Å². The molecule has 0 N–H and O–H groups in total. The molecule has 3 nitrogen and oxygen atoms in total. The van der Waals surface area contributed by atoms with E-state index in [1.807, 2.05) is 29.7 Å². The summed E-state index contributed by atoms with van der Waals surface area (Å²) in [5.74, 6) is -0.250. The van der Waals surface area contributed by atoms with Gasteiger partial charge in [-0.25, -0.2) is 0 Å². The van der Waals surface area contributed by atoms with E-state index in [-0.39, 0.29) is 5.91 Å². The molecule has 0 aliphatic heterocycles. The number of nitrogens with zero attached hydrogens (tertiary/aromatic N) is 2. The molecule has 0 saturated carbocycles. The number of carbonyl (C=O) groups excluding carboxylic acids is 1. The fourth-order valence-electron chi connectivity index (χ4n) is 2.01. The molecule has 0 fully saturated rings. The summed E-state index contributed by atoms with van der Waals surface area (Å²) in [6, 6.07) is 9.48. The van der Waals surface area contributed by atoms with Gasteiger partial charge < -0.3 is 4.57 Å². The van der Waals surface area contributed by atoms with Crippen molar-refractivity contribution in [3.8, 4) is 0 Å². The minimum absolute atomic E-state index is 0.250. The summed E-state index contributed by atoms with van der Waals surface area (Å²) in [6.07, 6.45) is 0. The van der Waals surface area contributed by atoms with Crippen molar-refractivity contribution >= 4 is 66.3 Å². The molecule has 0 unspecified atom stereocenters. The lowest BCUT2D eigenvalue weighted by Gasteiger charge is -1.99. The SMILES string of the molecule is CCn1c(=NC(=O)c2ccc(Cl)s2)sc2cc(Br)ccc21. The molecule has 3 rings (SSSR count). The topological polar surface area (TPSA) is 34.4 Å². The first kappa shape index (κ1) is 15.0. The van der Waals surface area contributed by atoms with Gasteiger partial charge in [-0.15, -0.1) is 11.3 Å². The Bertz CT molecular complexity index is 894. The predicted molar refractivity (Wildman–Crippen MR) is 92.4 cm³/mol. The monoisotopic (exact) mass is 400 g/mol. The smallest absolute Gasteiger partial charge is 0.289 e. The minimum Gasteiger partial charge on any atom is -0.317 e. The Morgan fingerprint density at radius 1 is 1.33 bits per heavy atom. The highest BCUT2D eigenvalue weighted by Crippen LogP contribution is 2.24. The fraction of sp³-hybridized carbons (Fsp3) is 0.143. The molecule has 0 aliphatic carbocycles. The average Bonchev–Trinajstić information content (AvgIpc) is 3.01. The largest absolute Gasteiger partial charge is 0.317 e. The first-order valence-electron chi connectivity index (χ1n) is 6.22. The van der Waals surface area contributed by atoms with Crippen LogP contribution in [0.2, 0.25) is 4.34 Å². The summed E-state index contributed by atoms with van der Waals surface area (Å²) in [7, 11) is 0. The van der Waals surface area contributed by atoms with Crippen LogP contribution in [0.3, 0.4) is 0 Å². The third-order valence-electron chi connectivity index (χ3n) is 2.94. The van der Waals surface area contributed by atoms with E-state index >= 15 is 0 Å². The third-order valence-corrected chi connectivity index (χ3v) is 5.70. The summed E-state index contributed by atoms with van der Waals surface area (Å²) < 4.78 is 4.75. The predicted octanol–water partition coefficient (Wildman–Crippen LogP) is 4.94. The van der Waals surface area contributed by atoms with Crippen molar-refractivity contribution in [1.29, 1.82) is 0 Å². The zero-order valence-corrected chi connectivity index (χ0v) is 14.9. The van der Waals surface area contributed by atoms with Gasteiger partial charge in [0, 0.05) is 11.0 Å². The molecule has 1 aromatic carbocycles. The molecule has 2 aromatic heterocycles. The van der Waals surface area contributed by atoms with Crippen molar-refractivity contribution in [3.63, 3.8) is 0 Å². The molecular weight excluding hydrogens is 392 g/mol. The Hall–Kier alpha value is -0.950. The highest BCUT2D eigenvalue weighted by atomic mass is 79.9. The summed E-state index contributed by atoms with van der Waals surface area (Å²) in [5, 5.41) is 0. The molecule has 0 saturated heterocycles. The van der Waals surface area contributed by atoms with Gasteiger partial charge in [-0.05, 0) is 37.3 Å². The summed E-state index contributed by atoms with van der Waals surface area (Å²) in [4.78, 5) is 17.7. The van der Waals surface area contributed by atoms with Crippen LogP contribution < -0.4 is 4.80 Å². The summed E-state index contributed by atoms with van der Waals surface area (Å²) in [5.41, 5.74) is 1.08. The lowest BCUT2D eigenvalue weighted by molar-refractivity contribution is 0.100. The molecule has 0 spiro atoms. The number of benzene rings is 1. The number of amides is 1. The number of aryl methyl sites for hydroxylation is 1. The minimum atomic E-state index is -0.250. The van der Waals surface area contributed by atoms with Crippen molar-refractivity contribution in [2.45, 2.75) is 13.5 Å². The molecule has 0 aliphatic rings. The number of aromatic nitrogens is 1. The van der Waals surface area contributed by atoms with E-state index < -0.39 is 0 Å². The van der Waals surface area contributed by atoms with Gasteiger partial charge in [0.2, 0.25) is 0 Å². The van der Waals surface area contributed by atoms with Gasteiger partial charge >= 0.3 is 0 Å². The van der Waals surface area contributed by atoms with Crippen LogP contribution in [0.5, 0.6) is 0 Å². The van der Waals surface area contributed by atoms with Crippen molar-refractivity contribution in [1.82, 2.24) is 4.57 Å². The average molecular weight is 402 g/mol. The first-order valence-corrected chi connectivity index (χ1v) is 9.02. The van der Waals surface area contributed by atoms with Gasteiger partial charge in [0.25, 0.3) is 5.91 Å². The number of fused-ring (bicyclic) bond motifs is 1. The molecule has 108 valence electrons. The maximum Gasteiger partial charge on any atom is 0.289 e. The molecule has 0 atom stereocenters. The van der Waals surface area contributed by atoms with Crippen LogP contribution in [0, 0.1) is 0 Å². The number of rotatable bonds is 2. The Labute approximate surface area is 142 Å². The Morgan fingerprint density at radius 2 is 2.14 bits per heavy atom. The first-order chi connectivity index (χ1) is 10.1. The van der Waals surface area contributed by atoms with E-state index in [1.165, 1.54) is 22.7 Å². The highest BCUT2D eigenvalue weighted by Gasteiger charge is 2.10. The quantitative estimate of drug-likeness (QED) is 0.599. The molecular formula is C14H10BrClN2OS2. The summed E-state index contributed by atoms with van der Waals surface area (Å²) >= 11 is 12.1. The van der Waals surface area contributed by atoms with Gasteiger partial charge in [0.15, 0.2) is 4.80 Å². The van der Waals surface area contributed by atoms with Crippen LogP contribution >= 0.6 is 50.2 Å². The normalized spacial score (nSPS) is 12.2. The van der Waals surface area contributed by atoms with E-state index in [2.05, 4.69) is 20.9 Å². The van der Waals surface area contributed by atoms with Crippen LogP contribution in [-0.2, 0) is 6.54 Å². The van der Waals surface area contributed by atoms with Gasteiger partial charge in [-0.3, -0.25) is 4.79 Å². The van der Waals surface area contributed by atoms with Crippen LogP contribution in [0.4, 0.5) is 0 Å². The maximum absolute atomic E-state index is 12.2. The van der Waals surface area contributed by atoms with Gasteiger partial charge in [-0.2, -0.15) is 4.99 Å². The van der Waals surface area contributed by atoms with Gasteiger partial charge in [0.1, 0.15) is 0 Å².